The molecule has 0 saturated heterocycles. The number of sulfonamides is 1. The van der Waals surface area contributed by atoms with Gasteiger partial charge in [-0.1, -0.05) is 18.2 Å². The molecule has 4 nitrogen and oxygen atoms in total. The van der Waals surface area contributed by atoms with Crippen molar-refractivity contribution in [2.75, 3.05) is 4.72 Å². The van der Waals surface area contributed by atoms with Crippen LogP contribution in [0.5, 0.6) is 5.75 Å². The fourth-order valence-electron chi connectivity index (χ4n) is 1.34. The molecule has 0 aromatic heterocycles. The van der Waals surface area contributed by atoms with E-state index in [0.717, 1.165) is 0 Å². The fourth-order valence-corrected chi connectivity index (χ4v) is 2.42. The van der Waals surface area contributed by atoms with Gasteiger partial charge in [-0.05, 0) is 36.4 Å². The van der Waals surface area contributed by atoms with Gasteiger partial charge >= 0.3 is 29.6 Å². The van der Waals surface area contributed by atoms with Gasteiger partial charge in [0.05, 0.1) is 4.90 Å². The van der Waals surface area contributed by atoms with E-state index in [4.69, 9.17) is 5.11 Å². The minimum atomic E-state index is -3.56. The van der Waals surface area contributed by atoms with Crippen LogP contribution >= 0.6 is 0 Å². The molecular formula is C12H12NNaO3S. The molecular weight excluding hydrogens is 261 g/mol. The molecule has 0 unspecified atom stereocenters. The Labute approximate surface area is 128 Å². The van der Waals surface area contributed by atoms with Crippen molar-refractivity contribution in [3.8, 4) is 5.75 Å². The van der Waals surface area contributed by atoms with Crippen molar-refractivity contribution in [2.24, 2.45) is 0 Å². The summed E-state index contributed by atoms with van der Waals surface area (Å²) in [4.78, 5) is 0.202. The molecule has 2 rings (SSSR count). The maximum atomic E-state index is 11.9. The van der Waals surface area contributed by atoms with Gasteiger partial charge in [-0.15, -0.1) is 0 Å². The zero-order valence-corrected chi connectivity index (χ0v) is 9.68. The Kier molecular flexibility index (Phi) is 5.22. The molecule has 0 atom stereocenters. The Morgan fingerprint density at radius 1 is 0.889 bits per heavy atom. The van der Waals surface area contributed by atoms with E-state index in [2.05, 4.69) is 4.72 Å². The summed E-state index contributed by atoms with van der Waals surface area (Å²) in [6.45, 7) is 0. The monoisotopic (exact) mass is 273 g/mol. The molecule has 2 N–H and O–H groups in total. The Hall–Kier alpha value is -1.01. The van der Waals surface area contributed by atoms with Crippen molar-refractivity contribution in [3.63, 3.8) is 0 Å². The zero-order valence-electron chi connectivity index (χ0n) is 8.87. The van der Waals surface area contributed by atoms with Crippen LogP contribution in [0.4, 0.5) is 5.69 Å². The molecule has 0 amide bonds. The van der Waals surface area contributed by atoms with Crippen LogP contribution in [0.3, 0.4) is 0 Å². The number of phenols is 1. The number of rotatable bonds is 3. The summed E-state index contributed by atoms with van der Waals surface area (Å²) in [5.74, 6) is 0.0904. The number of anilines is 1. The van der Waals surface area contributed by atoms with E-state index in [0.29, 0.717) is 5.69 Å². The molecule has 0 bridgehead atoms. The van der Waals surface area contributed by atoms with Crippen molar-refractivity contribution in [3.05, 3.63) is 54.6 Å². The number of nitrogens with one attached hydrogen (secondary N) is 1. The number of hydrogen-bond donors (Lipinski definition) is 2. The van der Waals surface area contributed by atoms with Crippen LogP contribution in [-0.2, 0) is 10.0 Å². The number of benzene rings is 2. The first kappa shape index (κ1) is 15.0. The van der Waals surface area contributed by atoms with E-state index in [9.17, 15) is 8.42 Å². The van der Waals surface area contributed by atoms with Gasteiger partial charge in [0.25, 0.3) is 10.0 Å². The van der Waals surface area contributed by atoms with Crippen LogP contribution in [0, 0.1) is 0 Å². The van der Waals surface area contributed by atoms with E-state index in [1.54, 1.807) is 18.2 Å². The molecule has 0 aliphatic heterocycles. The number of hydrogen-bond acceptors (Lipinski definition) is 3. The van der Waals surface area contributed by atoms with Crippen LogP contribution < -0.4 is 4.72 Å². The van der Waals surface area contributed by atoms with E-state index < -0.39 is 10.0 Å². The minimum absolute atomic E-state index is 0. The predicted octanol–water partition coefficient (Wildman–Crippen LogP) is 1.54. The summed E-state index contributed by atoms with van der Waals surface area (Å²) in [5.41, 5.74) is 0.409. The molecule has 18 heavy (non-hydrogen) atoms. The molecule has 6 heteroatoms. The first-order valence-corrected chi connectivity index (χ1v) is 6.43. The fraction of sp³-hybridized carbons (Fsp3) is 0. The van der Waals surface area contributed by atoms with Crippen LogP contribution in [0.25, 0.3) is 0 Å². The molecule has 0 spiro atoms. The Balaban J connectivity index is 0.00000162. The van der Waals surface area contributed by atoms with Gasteiger partial charge in [-0.2, -0.15) is 0 Å². The normalized spacial score (nSPS) is 10.4. The maximum absolute atomic E-state index is 11.9. The molecule has 0 fully saturated rings. The number of phenolic OH excluding ortho intramolecular Hbond substituents is 1. The third-order valence-electron chi connectivity index (χ3n) is 2.17. The summed E-state index contributed by atoms with van der Waals surface area (Å²) in [6.07, 6.45) is 0. The van der Waals surface area contributed by atoms with Crippen LogP contribution in [-0.4, -0.2) is 43.1 Å². The Bertz CT molecular complexity index is 597. The summed E-state index contributed by atoms with van der Waals surface area (Å²) in [7, 11) is -3.56. The summed E-state index contributed by atoms with van der Waals surface area (Å²) in [5, 5.41) is 9.09. The van der Waals surface area contributed by atoms with Gasteiger partial charge in [-0.3, -0.25) is 4.72 Å². The van der Waals surface area contributed by atoms with Crippen molar-refractivity contribution in [1.29, 1.82) is 0 Å². The summed E-state index contributed by atoms with van der Waals surface area (Å²) in [6, 6.07) is 13.9. The predicted molar refractivity (Wildman–Crippen MR) is 72.5 cm³/mol. The Morgan fingerprint density at radius 3 is 2.00 bits per heavy atom. The van der Waals surface area contributed by atoms with E-state index in [-0.39, 0.29) is 40.2 Å². The first-order valence-electron chi connectivity index (χ1n) is 4.95. The van der Waals surface area contributed by atoms with E-state index in [1.165, 1.54) is 36.4 Å². The topological polar surface area (TPSA) is 66.4 Å². The molecule has 0 aliphatic carbocycles. The zero-order chi connectivity index (χ0) is 12.3. The third kappa shape index (κ3) is 3.74. The summed E-state index contributed by atoms with van der Waals surface area (Å²) >= 11 is 0. The van der Waals surface area contributed by atoms with Gasteiger partial charge in [0.2, 0.25) is 0 Å². The van der Waals surface area contributed by atoms with E-state index in [1.807, 2.05) is 0 Å². The van der Waals surface area contributed by atoms with Gasteiger partial charge in [0.15, 0.2) is 0 Å². The second-order valence-electron chi connectivity index (χ2n) is 3.47. The SMILES string of the molecule is O=S(=O)(Nc1ccc(O)cc1)c1ccccc1.[NaH]. The van der Waals surface area contributed by atoms with Crippen LogP contribution in [0.1, 0.15) is 0 Å². The van der Waals surface area contributed by atoms with E-state index >= 15 is 0 Å². The Morgan fingerprint density at radius 2 is 1.44 bits per heavy atom. The number of aromatic hydroxyl groups is 1. The molecule has 90 valence electrons. The quantitative estimate of drug-likeness (QED) is 0.658. The van der Waals surface area contributed by atoms with Gasteiger partial charge in [0, 0.05) is 5.69 Å². The van der Waals surface area contributed by atoms with Crippen LogP contribution in [0.15, 0.2) is 59.5 Å². The molecule has 0 saturated carbocycles. The molecule has 0 aliphatic rings. The van der Waals surface area contributed by atoms with Crippen molar-refractivity contribution < 1.29 is 13.5 Å². The van der Waals surface area contributed by atoms with Gasteiger partial charge in [-0.25, -0.2) is 8.42 Å². The average molecular weight is 273 g/mol. The molecule has 0 radical (unpaired) electrons. The van der Waals surface area contributed by atoms with Gasteiger partial charge in [0.1, 0.15) is 5.75 Å². The van der Waals surface area contributed by atoms with Crippen LogP contribution in [0.2, 0.25) is 0 Å². The second kappa shape index (κ2) is 6.24. The van der Waals surface area contributed by atoms with Crippen molar-refractivity contribution >= 4 is 45.3 Å². The molecule has 0 heterocycles. The second-order valence-corrected chi connectivity index (χ2v) is 5.15. The van der Waals surface area contributed by atoms with Crippen molar-refractivity contribution in [2.45, 2.75) is 4.90 Å². The molecule has 2 aromatic carbocycles. The van der Waals surface area contributed by atoms with Gasteiger partial charge < -0.3 is 5.11 Å². The standard InChI is InChI=1S/C12H11NO3S.Na.H/c14-11-8-6-10(7-9-11)13-17(15,16)12-4-2-1-3-5-12;;/h1-9,13-14H;;. The van der Waals surface area contributed by atoms with Crippen molar-refractivity contribution in [1.82, 2.24) is 0 Å². The average Bonchev–Trinajstić information content (AvgIpc) is 2.33. The molecule has 2 aromatic rings. The first-order chi connectivity index (χ1) is 8.08. The summed E-state index contributed by atoms with van der Waals surface area (Å²) < 4.78 is 26.2. The third-order valence-corrected chi connectivity index (χ3v) is 3.57.